The Morgan fingerprint density at radius 3 is 2.48 bits per heavy atom. The van der Waals surface area contributed by atoms with Gasteiger partial charge in [0.1, 0.15) is 0 Å². The molecule has 1 saturated heterocycles. The smallest absolute Gasteiger partial charge is 0.317 e. The lowest BCUT2D eigenvalue weighted by Crippen LogP contribution is -2.52. The van der Waals surface area contributed by atoms with Crippen molar-refractivity contribution in [1.29, 1.82) is 0 Å². The molecule has 0 aromatic heterocycles. The standard InChI is InChI=1S/C23H23F3N2O/c24-23(25,26)18-7-3-1-5-16(18)9-10-20(29)21-17-6-2-4-8-19(17)22(15-28-21)11-13-27-14-12-22/h1-10,21,27-28H,11-15H2/b10-9+. The SMILES string of the molecule is O=C(/C=C/c1ccccc1C(F)(F)F)C1NCC2(CCNCC2)c2ccccc21. The van der Waals surface area contributed by atoms with Crippen molar-refractivity contribution < 1.29 is 18.0 Å². The highest BCUT2D eigenvalue weighted by molar-refractivity contribution is 5.98. The molecule has 2 aromatic rings. The molecule has 2 aromatic carbocycles. The lowest BCUT2D eigenvalue weighted by molar-refractivity contribution is -0.137. The maximum absolute atomic E-state index is 13.2. The number of nitrogens with one attached hydrogen (secondary N) is 2. The van der Waals surface area contributed by atoms with Crippen molar-refractivity contribution >= 4 is 11.9 Å². The predicted molar refractivity (Wildman–Crippen MR) is 106 cm³/mol. The summed E-state index contributed by atoms with van der Waals surface area (Å²) in [4.78, 5) is 12.9. The Labute approximate surface area is 168 Å². The molecule has 2 aliphatic heterocycles. The van der Waals surface area contributed by atoms with E-state index in [1.54, 1.807) is 0 Å². The molecule has 2 heterocycles. The first-order valence-corrected chi connectivity index (χ1v) is 9.82. The van der Waals surface area contributed by atoms with E-state index in [-0.39, 0.29) is 16.8 Å². The number of alkyl halides is 3. The van der Waals surface area contributed by atoms with Gasteiger partial charge in [0.25, 0.3) is 0 Å². The van der Waals surface area contributed by atoms with Crippen LogP contribution in [0.4, 0.5) is 13.2 Å². The summed E-state index contributed by atoms with van der Waals surface area (Å²) in [6.45, 7) is 2.56. The van der Waals surface area contributed by atoms with Gasteiger partial charge in [0.05, 0.1) is 11.6 Å². The van der Waals surface area contributed by atoms with Gasteiger partial charge in [0.2, 0.25) is 0 Å². The number of benzene rings is 2. The lowest BCUT2D eigenvalue weighted by atomic mass is 9.68. The molecule has 2 N–H and O–H groups in total. The van der Waals surface area contributed by atoms with E-state index in [1.165, 1.54) is 35.9 Å². The van der Waals surface area contributed by atoms with Crippen molar-refractivity contribution in [3.8, 4) is 0 Å². The highest BCUT2D eigenvalue weighted by Gasteiger charge is 2.41. The number of piperidine rings is 1. The van der Waals surface area contributed by atoms with Crippen LogP contribution in [-0.4, -0.2) is 25.4 Å². The minimum absolute atomic E-state index is 0.00518. The first-order valence-electron chi connectivity index (χ1n) is 9.82. The van der Waals surface area contributed by atoms with Gasteiger partial charge in [-0.2, -0.15) is 13.2 Å². The van der Waals surface area contributed by atoms with Crippen LogP contribution in [0.3, 0.4) is 0 Å². The summed E-state index contributed by atoms with van der Waals surface area (Å²) in [5, 5.41) is 6.75. The second-order valence-electron chi connectivity index (χ2n) is 7.75. The third kappa shape index (κ3) is 3.87. The summed E-state index contributed by atoms with van der Waals surface area (Å²) in [6, 6.07) is 12.7. The van der Waals surface area contributed by atoms with E-state index >= 15 is 0 Å². The van der Waals surface area contributed by atoms with Crippen LogP contribution in [-0.2, 0) is 16.4 Å². The zero-order valence-corrected chi connectivity index (χ0v) is 15.9. The maximum atomic E-state index is 13.2. The predicted octanol–water partition coefficient (Wildman–Crippen LogP) is 4.25. The number of rotatable bonds is 3. The molecule has 0 saturated carbocycles. The Morgan fingerprint density at radius 2 is 1.72 bits per heavy atom. The van der Waals surface area contributed by atoms with Gasteiger partial charge in [0.15, 0.2) is 5.78 Å². The highest BCUT2D eigenvalue weighted by Crippen LogP contribution is 2.41. The highest BCUT2D eigenvalue weighted by atomic mass is 19.4. The molecule has 0 amide bonds. The maximum Gasteiger partial charge on any atom is 0.416 e. The number of hydrogen-bond donors (Lipinski definition) is 2. The molecule has 2 aliphatic rings. The van der Waals surface area contributed by atoms with Crippen LogP contribution in [0.2, 0.25) is 0 Å². The Hall–Kier alpha value is -2.44. The third-order valence-electron chi connectivity index (χ3n) is 6.03. The van der Waals surface area contributed by atoms with Crippen molar-refractivity contribution in [2.75, 3.05) is 19.6 Å². The molecular weight excluding hydrogens is 377 g/mol. The average Bonchev–Trinajstić information content (AvgIpc) is 2.73. The summed E-state index contributed by atoms with van der Waals surface area (Å²) in [5.74, 6) is -0.238. The molecule has 29 heavy (non-hydrogen) atoms. The second-order valence-corrected chi connectivity index (χ2v) is 7.75. The zero-order valence-electron chi connectivity index (χ0n) is 15.9. The Balaban J connectivity index is 1.62. The first-order chi connectivity index (χ1) is 13.9. The van der Waals surface area contributed by atoms with Crippen LogP contribution in [0.25, 0.3) is 6.08 Å². The van der Waals surface area contributed by atoms with Crippen LogP contribution >= 0.6 is 0 Å². The van der Waals surface area contributed by atoms with Crippen LogP contribution < -0.4 is 10.6 Å². The van der Waals surface area contributed by atoms with E-state index in [0.29, 0.717) is 6.54 Å². The molecule has 1 fully saturated rings. The normalized spacial score (nSPS) is 21.3. The lowest BCUT2D eigenvalue weighted by Gasteiger charge is -2.44. The van der Waals surface area contributed by atoms with Gasteiger partial charge in [-0.05, 0) is 54.8 Å². The number of ketones is 1. The topological polar surface area (TPSA) is 41.1 Å². The fraction of sp³-hybridized carbons (Fsp3) is 0.348. The van der Waals surface area contributed by atoms with Crippen molar-refractivity contribution in [3.63, 3.8) is 0 Å². The van der Waals surface area contributed by atoms with E-state index in [2.05, 4.69) is 16.7 Å². The molecule has 1 unspecified atom stereocenters. The molecule has 4 rings (SSSR count). The average molecular weight is 400 g/mol. The number of carbonyl (C=O) groups is 1. The van der Waals surface area contributed by atoms with Crippen LogP contribution in [0, 0.1) is 0 Å². The molecule has 0 radical (unpaired) electrons. The van der Waals surface area contributed by atoms with Gasteiger partial charge in [0, 0.05) is 12.0 Å². The summed E-state index contributed by atoms with van der Waals surface area (Å²) in [6.07, 6.45) is 0.0598. The van der Waals surface area contributed by atoms with E-state index in [0.717, 1.165) is 37.6 Å². The van der Waals surface area contributed by atoms with Gasteiger partial charge < -0.3 is 10.6 Å². The Kier molecular flexibility index (Phi) is 5.32. The summed E-state index contributed by atoms with van der Waals surface area (Å²) in [7, 11) is 0. The van der Waals surface area contributed by atoms with E-state index in [4.69, 9.17) is 0 Å². The zero-order chi connectivity index (χ0) is 20.5. The summed E-state index contributed by atoms with van der Waals surface area (Å²) in [5.41, 5.74) is 1.37. The van der Waals surface area contributed by atoms with Gasteiger partial charge in [-0.25, -0.2) is 0 Å². The van der Waals surface area contributed by atoms with E-state index < -0.39 is 17.8 Å². The molecule has 3 nitrogen and oxygen atoms in total. The van der Waals surface area contributed by atoms with Gasteiger partial charge in [-0.15, -0.1) is 0 Å². The largest absolute Gasteiger partial charge is 0.416 e. The molecule has 0 bridgehead atoms. The van der Waals surface area contributed by atoms with Crippen molar-refractivity contribution in [2.24, 2.45) is 0 Å². The second kappa shape index (κ2) is 7.76. The minimum Gasteiger partial charge on any atom is -0.317 e. The van der Waals surface area contributed by atoms with Gasteiger partial charge in [-0.1, -0.05) is 48.5 Å². The first kappa shape index (κ1) is 19.9. The molecule has 1 spiro atoms. The van der Waals surface area contributed by atoms with Crippen LogP contribution in [0.15, 0.2) is 54.6 Å². The fourth-order valence-electron chi connectivity index (χ4n) is 4.51. The minimum atomic E-state index is -4.46. The molecule has 0 aliphatic carbocycles. The third-order valence-corrected chi connectivity index (χ3v) is 6.03. The molecular formula is C23H23F3N2O. The fourth-order valence-corrected chi connectivity index (χ4v) is 4.51. The van der Waals surface area contributed by atoms with E-state index in [1.807, 2.05) is 18.2 Å². The summed E-state index contributed by atoms with van der Waals surface area (Å²) < 4.78 is 39.6. The van der Waals surface area contributed by atoms with Crippen molar-refractivity contribution in [1.82, 2.24) is 10.6 Å². The number of halogens is 3. The quantitative estimate of drug-likeness (QED) is 0.757. The molecule has 152 valence electrons. The molecule has 6 heteroatoms. The van der Waals surface area contributed by atoms with E-state index in [9.17, 15) is 18.0 Å². The van der Waals surface area contributed by atoms with Crippen LogP contribution in [0.5, 0.6) is 0 Å². The number of hydrogen-bond acceptors (Lipinski definition) is 3. The summed E-state index contributed by atoms with van der Waals surface area (Å²) >= 11 is 0. The Bertz CT molecular complexity index is 930. The van der Waals surface area contributed by atoms with Crippen LogP contribution in [0.1, 0.15) is 41.1 Å². The molecule has 1 atom stereocenters. The number of fused-ring (bicyclic) bond motifs is 2. The Morgan fingerprint density at radius 1 is 1.03 bits per heavy atom. The number of carbonyl (C=O) groups excluding carboxylic acids is 1. The van der Waals surface area contributed by atoms with Crippen molar-refractivity contribution in [2.45, 2.75) is 30.5 Å². The van der Waals surface area contributed by atoms with Crippen molar-refractivity contribution in [3.05, 3.63) is 76.9 Å². The van der Waals surface area contributed by atoms with Gasteiger partial charge >= 0.3 is 6.18 Å². The van der Waals surface area contributed by atoms with Gasteiger partial charge in [-0.3, -0.25) is 4.79 Å². The monoisotopic (exact) mass is 400 g/mol.